The van der Waals surface area contributed by atoms with Gasteiger partial charge in [-0.3, -0.25) is 9.59 Å². The van der Waals surface area contributed by atoms with Crippen LogP contribution in [0.2, 0.25) is 0 Å². The number of methoxy groups -OCH3 is 2. The lowest BCUT2D eigenvalue weighted by Crippen LogP contribution is -2.33. The first-order valence-electron chi connectivity index (χ1n) is 10.0. The Labute approximate surface area is 188 Å². The average Bonchev–Trinajstić information content (AvgIpc) is 3.50. The second-order valence-electron chi connectivity index (χ2n) is 7.27. The third kappa shape index (κ3) is 4.49. The van der Waals surface area contributed by atoms with Crippen LogP contribution in [-0.2, 0) is 4.79 Å². The van der Waals surface area contributed by atoms with Crippen molar-refractivity contribution in [2.45, 2.75) is 19.9 Å². The predicted octanol–water partition coefficient (Wildman–Crippen LogP) is 3.68. The molecule has 0 spiro atoms. The molecular weight excluding hydrogens is 428 g/mol. The molecule has 3 aromatic heterocycles. The average molecular weight is 450 g/mol. The standard InChI is InChI=1S/C23H22N4O6/c1-13-8-20(33-26-13)18-12-21(28)27(25-22(18)19-6-5-7-32-19)14(2)23(29)24-15-9-16(30-3)11-17(10-15)31-4/h5-12,14H,1-4H3,(H,24,29). The summed E-state index contributed by atoms with van der Waals surface area (Å²) in [6.45, 7) is 3.35. The monoisotopic (exact) mass is 450 g/mol. The Morgan fingerprint density at radius 3 is 2.39 bits per heavy atom. The van der Waals surface area contributed by atoms with Gasteiger partial charge in [0.15, 0.2) is 11.5 Å². The molecule has 1 amide bonds. The second kappa shape index (κ2) is 9.03. The fourth-order valence-corrected chi connectivity index (χ4v) is 3.26. The molecule has 0 radical (unpaired) electrons. The molecule has 0 bridgehead atoms. The second-order valence-corrected chi connectivity index (χ2v) is 7.27. The van der Waals surface area contributed by atoms with Crippen molar-refractivity contribution in [1.29, 1.82) is 0 Å². The van der Waals surface area contributed by atoms with Gasteiger partial charge in [0.2, 0.25) is 5.91 Å². The fourth-order valence-electron chi connectivity index (χ4n) is 3.26. The zero-order chi connectivity index (χ0) is 23.5. The number of hydrogen-bond donors (Lipinski definition) is 1. The van der Waals surface area contributed by atoms with Crippen LogP contribution in [-0.4, -0.2) is 35.1 Å². The van der Waals surface area contributed by atoms with Crippen molar-refractivity contribution in [3.05, 3.63) is 64.8 Å². The minimum atomic E-state index is -0.936. The van der Waals surface area contributed by atoms with Gasteiger partial charge in [0.25, 0.3) is 5.56 Å². The van der Waals surface area contributed by atoms with Crippen molar-refractivity contribution in [1.82, 2.24) is 14.9 Å². The van der Waals surface area contributed by atoms with Crippen LogP contribution in [0.25, 0.3) is 22.8 Å². The van der Waals surface area contributed by atoms with E-state index in [4.69, 9.17) is 18.4 Å². The summed E-state index contributed by atoms with van der Waals surface area (Å²) < 4.78 is 22.4. The van der Waals surface area contributed by atoms with Crippen LogP contribution >= 0.6 is 0 Å². The Balaban J connectivity index is 1.71. The molecule has 0 aliphatic heterocycles. The SMILES string of the molecule is COc1cc(NC(=O)C(C)n2nc(-c3ccco3)c(-c3cc(C)no3)cc2=O)cc(OC)c1. The molecule has 170 valence electrons. The molecule has 3 heterocycles. The molecule has 10 nitrogen and oxygen atoms in total. The minimum absolute atomic E-state index is 0.346. The molecule has 4 aromatic rings. The maximum absolute atomic E-state index is 13.0. The van der Waals surface area contributed by atoms with E-state index in [2.05, 4.69) is 15.6 Å². The van der Waals surface area contributed by atoms with Crippen molar-refractivity contribution in [3.8, 4) is 34.3 Å². The highest BCUT2D eigenvalue weighted by Gasteiger charge is 2.23. The summed E-state index contributed by atoms with van der Waals surface area (Å²) >= 11 is 0. The van der Waals surface area contributed by atoms with Gasteiger partial charge in [0, 0.05) is 36.0 Å². The predicted molar refractivity (Wildman–Crippen MR) is 119 cm³/mol. The van der Waals surface area contributed by atoms with Crippen molar-refractivity contribution in [2.75, 3.05) is 19.5 Å². The number of carbonyl (C=O) groups is 1. The van der Waals surface area contributed by atoms with Gasteiger partial charge in [-0.15, -0.1) is 0 Å². The lowest BCUT2D eigenvalue weighted by Gasteiger charge is -2.16. The van der Waals surface area contributed by atoms with Crippen LogP contribution in [0.4, 0.5) is 5.69 Å². The molecular formula is C23H22N4O6. The number of benzene rings is 1. The zero-order valence-electron chi connectivity index (χ0n) is 18.5. The number of nitrogens with zero attached hydrogens (tertiary/aromatic N) is 3. The summed E-state index contributed by atoms with van der Waals surface area (Å²) in [5, 5.41) is 11.1. The van der Waals surface area contributed by atoms with E-state index in [1.165, 1.54) is 26.5 Å². The summed E-state index contributed by atoms with van der Waals surface area (Å²) in [7, 11) is 3.03. The molecule has 10 heteroatoms. The van der Waals surface area contributed by atoms with Gasteiger partial charge in [0.1, 0.15) is 23.2 Å². The summed E-state index contributed by atoms with van der Waals surface area (Å²) in [6, 6.07) is 10.5. The molecule has 0 aliphatic carbocycles. The van der Waals surface area contributed by atoms with Gasteiger partial charge in [-0.25, -0.2) is 4.68 Å². The number of furan rings is 1. The van der Waals surface area contributed by atoms with Gasteiger partial charge in [-0.2, -0.15) is 5.10 Å². The number of anilines is 1. The fraction of sp³-hybridized carbons (Fsp3) is 0.217. The van der Waals surface area contributed by atoms with E-state index in [0.29, 0.717) is 45.7 Å². The van der Waals surface area contributed by atoms with Gasteiger partial charge in [-0.05, 0) is 26.0 Å². The van der Waals surface area contributed by atoms with Crippen LogP contribution < -0.4 is 20.3 Å². The normalized spacial score (nSPS) is 11.8. The van der Waals surface area contributed by atoms with E-state index in [1.807, 2.05) is 0 Å². The van der Waals surface area contributed by atoms with Crippen molar-refractivity contribution >= 4 is 11.6 Å². The quantitative estimate of drug-likeness (QED) is 0.452. The van der Waals surface area contributed by atoms with Crippen LogP contribution in [0.15, 0.2) is 62.5 Å². The number of hydrogen-bond acceptors (Lipinski definition) is 8. The van der Waals surface area contributed by atoms with Gasteiger partial charge in [-0.1, -0.05) is 5.16 Å². The number of aromatic nitrogens is 3. The first kappa shape index (κ1) is 21.9. The lowest BCUT2D eigenvalue weighted by molar-refractivity contribution is -0.119. The Morgan fingerprint density at radius 2 is 1.82 bits per heavy atom. The molecule has 4 rings (SSSR count). The van der Waals surface area contributed by atoms with Crippen LogP contribution in [0.5, 0.6) is 11.5 Å². The highest BCUT2D eigenvalue weighted by Crippen LogP contribution is 2.30. The van der Waals surface area contributed by atoms with Crippen LogP contribution in [0.3, 0.4) is 0 Å². The molecule has 1 aromatic carbocycles. The Morgan fingerprint density at radius 1 is 1.09 bits per heavy atom. The molecule has 0 saturated heterocycles. The van der Waals surface area contributed by atoms with Gasteiger partial charge < -0.3 is 23.7 Å². The lowest BCUT2D eigenvalue weighted by atomic mass is 10.1. The summed E-state index contributed by atoms with van der Waals surface area (Å²) in [4.78, 5) is 25.9. The maximum Gasteiger partial charge on any atom is 0.268 e. The first-order valence-corrected chi connectivity index (χ1v) is 10.0. The highest BCUT2D eigenvalue weighted by molar-refractivity contribution is 5.94. The van der Waals surface area contributed by atoms with Gasteiger partial charge >= 0.3 is 0 Å². The largest absolute Gasteiger partial charge is 0.497 e. The van der Waals surface area contributed by atoms with E-state index >= 15 is 0 Å². The van der Waals surface area contributed by atoms with Crippen molar-refractivity contribution in [3.63, 3.8) is 0 Å². The molecule has 1 N–H and O–H groups in total. The maximum atomic E-state index is 13.0. The highest BCUT2D eigenvalue weighted by atomic mass is 16.5. The van der Waals surface area contributed by atoms with E-state index in [9.17, 15) is 9.59 Å². The van der Waals surface area contributed by atoms with E-state index in [0.717, 1.165) is 4.68 Å². The van der Waals surface area contributed by atoms with E-state index in [1.54, 1.807) is 50.2 Å². The van der Waals surface area contributed by atoms with Crippen molar-refractivity contribution < 1.29 is 23.2 Å². The summed E-state index contributed by atoms with van der Waals surface area (Å²) in [5.41, 5.74) is 1.38. The number of nitrogens with one attached hydrogen (secondary N) is 1. The van der Waals surface area contributed by atoms with Crippen molar-refractivity contribution in [2.24, 2.45) is 0 Å². The number of ether oxygens (including phenoxy) is 2. The first-order chi connectivity index (χ1) is 15.9. The Bertz CT molecular complexity index is 1320. The molecule has 0 saturated carbocycles. The zero-order valence-corrected chi connectivity index (χ0v) is 18.5. The molecule has 0 fully saturated rings. The van der Waals surface area contributed by atoms with Crippen LogP contribution in [0.1, 0.15) is 18.7 Å². The number of aryl methyl sites for hydroxylation is 1. The molecule has 1 atom stereocenters. The number of carbonyl (C=O) groups excluding carboxylic acids is 1. The molecule has 1 unspecified atom stereocenters. The Hall–Kier alpha value is -4.34. The Kier molecular flexibility index (Phi) is 5.99. The smallest absolute Gasteiger partial charge is 0.268 e. The number of amides is 1. The summed E-state index contributed by atoms with van der Waals surface area (Å²) in [6.07, 6.45) is 1.49. The number of rotatable bonds is 7. The molecule has 33 heavy (non-hydrogen) atoms. The third-order valence-corrected chi connectivity index (χ3v) is 4.97. The topological polar surface area (TPSA) is 122 Å². The van der Waals surface area contributed by atoms with Crippen LogP contribution in [0, 0.1) is 6.92 Å². The third-order valence-electron chi connectivity index (χ3n) is 4.97. The minimum Gasteiger partial charge on any atom is -0.497 e. The molecule has 0 aliphatic rings. The van der Waals surface area contributed by atoms with Gasteiger partial charge in [0.05, 0.1) is 31.7 Å². The summed E-state index contributed by atoms with van der Waals surface area (Å²) in [5.74, 6) is 1.36. The van der Waals surface area contributed by atoms with E-state index < -0.39 is 17.5 Å². The van der Waals surface area contributed by atoms with E-state index in [-0.39, 0.29) is 0 Å².